The van der Waals surface area contributed by atoms with Gasteiger partial charge in [-0.1, -0.05) is 15.9 Å². The molecule has 1 aliphatic rings. The quantitative estimate of drug-likeness (QED) is 0.765. The highest BCUT2D eigenvalue weighted by atomic mass is 79.9. The molecule has 1 amide bonds. The zero-order valence-corrected chi connectivity index (χ0v) is 16.6. The summed E-state index contributed by atoms with van der Waals surface area (Å²) in [7, 11) is 0. The summed E-state index contributed by atoms with van der Waals surface area (Å²) in [6.07, 6.45) is 1.64. The van der Waals surface area contributed by atoms with Crippen LogP contribution in [-0.4, -0.2) is 59.9 Å². The SMILES string of the molecule is Cc1c(C(=O)NCCN2CCNCC2)cnn1-c1ccc(Br)cc1.Cl. The molecule has 136 valence electrons. The molecule has 25 heavy (non-hydrogen) atoms. The molecule has 1 aromatic heterocycles. The standard InChI is InChI=1S/C17H22BrN5O.ClH/c1-13-16(12-21-23(13)15-4-2-14(18)3-5-15)17(24)20-8-11-22-9-6-19-7-10-22;/h2-5,12,19H,6-11H2,1H3,(H,20,24);1H. The third kappa shape index (κ3) is 5.04. The molecule has 6 nitrogen and oxygen atoms in total. The van der Waals surface area contributed by atoms with Crippen LogP contribution in [0.15, 0.2) is 34.9 Å². The van der Waals surface area contributed by atoms with Crippen LogP contribution >= 0.6 is 28.3 Å². The van der Waals surface area contributed by atoms with Crippen molar-refractivity contribution in [3.63, 3.8) is 0 Å². The Morgan fingerprint density at radius 2 is 1.96 bits per heavy atom. The topological polar surface area (TPSA) is 62.2 Å². The van der Waals surface area contributed by atoms with Crippen molar-refractivity contribution in [1.82, 2.24) is 25.3 Å². The molecular weight excluding hydrogens is 406 g/mol. The van der Waals surface area contributed by atoms with E-state index >= 15 is 0 Å². The van der Waals surface area contributed by atoms with Crippen LogP contribution in [0, 0.1) is 6.92 Å². The molecule has 3 rings (SSSR count). The van der Waals surface area contributed by atoms with Gasteiger partial charge in [-0.25, -0.2) is 4.68 Å². The minimum absolute atomic E-state index is 0. The van der Waals surface area contributed by atoms with Crippen molar-refractivity contribution in [2.75, 3.05) is 39.3 Å². The van der Waals surface area contributed by atoms with Crippen molar-refractivity contribution >= 4 is 34.2 Å². The van der Waals surface area contributed by atoms with E-state index in [1.807, 2.05) is 31.2 Å². The van der Waals surface area contributed by atoms with E-state index in [0.717, 1.165) is 48.6 Å². The van der Waals surface area contributed by atoms with Crippen LogP contribution in [0.2, 0.25) is 0 Å². The Kier molecular flexibility index (Phi) is 7.43. The molecule has 0 unspecified atom stereocenters. The van der Waals surface area contributed by atoms with E-state index in [4.69, 9.17) is 0 Å². The fraction of sp³-hybridized carbons (Fsp3) is 0.412. The second-order valence-electron chi connectivity index (χ2n) is 5.88. The molecule has 0 spiro atoms. The predicted octanol–water partition coefficient (Wildman–Crippen LogP) is 2.00. The summed E-state index contributed by atoms with van der Waals surface area (Å²) >= 11 is 3.42. The van der Waals surface area contributed by atoms with E-state index in [1.54, 1.807) is 10.9 Å². The summed E-state index contributed by atoms with van der Waals surface area (Å²) in [6.45, 7) is 7.57. The van der Waals surface area contributed by atoms with Crippen molar-refractivity contribution in [3.8, 4) is 5.69 Å². The molecule has 0 saturated carbocycles. The summed E-state index contributed by atoms with van der Waals surface area (Å²) in [6, 6.07) is 7.86. The number of piperazine rings is 1. The average Bonchev–Trinajstić information content (AvgIpc) is 2.98. The fourth-order valence-electron chi connectivity index (χ4n) is 2.83. The van der Waals surface area contributed by atoms with Gasteiger partial charge in [-0.15, -0.1) is 12.4 Å². The van der Waals surface area contributed by atoms with Crippen molar-refractivity contribution in [2.24, 2.45) is 0 Å². The lowest BCUT2D eigenvalue weighted by atomic mass is 10.2. The van der Waals surface area contributed by atoms with Gasteiger partial charge < -0.3 is 10.6 Å². The van der Waals surface area contributed by atoms with E-state index in [1.165, 1.54) is 0 Å². The van der Waals surface area contributed by atoms with Crippen molar-refractivity contribution in [1.29, 1.82) is 0 Å². The van der Waals surface area contributed by atoms with E-state index in [2.05, 4.69) is 36.6 Å². The number of nitrogens with one attached hydrogen (secondary N) is 2. The third-order valence-corrected chi connectivity index (χ3v) is 4.78. The average molecular weight is 429 g/mol. The molecule has 1 aliphatic heterocycles. The van der Waals surface area contributed by atoms with Crippen molar-refractivity contribution in [2.45, 2.75) is 6.92 Å². The summed E-state index contributed by atoms with van der Waals surface area (Å²) < 4.78 is 2.81. The number of halogens is 2. The maximum atomic E-state index is 12.4. The molecule has 2 heterocycles. The van der Waals surface area contributed by atoms with Gasteiger partial charge in [0.05, 0.1) is 23.1 Å². The molecule has 8 heteroatoms. The number of hydrogen-bond acceptors (Lipinski definition) is 4. The maximum absolute atomic E-state index is 12.4. The first-order chi connectivity index (χ1) is 11.6. The first kappa shape index (κ1) is 19.9. The molecule has 1 fully saturated rings. The Labute approximate surface area is 162 Å². The molecular formula is C17H23BrClN5O. The van der Waals surface area contributed by atoms with Crippen LogP contribution in [0.1, 0.15) is 16.1 Å². The molecule has 0 atom stereocenters. The molecule has 1 aromatic carbocycles. The van der Waals surface area contributed by atoms with Gasteiger partial charge in [0.25, 0.3) is 5.91 Å². The summed E-state index contributed by atoms with van der Waals surface area (Å²) in [5.74, 6) is -0.0639. The second kappa shape index (κ2) is 9.33. The number of amides is 1. The minimum Gasteiger partial charge on any atom is -0.351 e. The van der Waals surface area contributed by atoms with Gasteiger partial charge in [0.15, 0.2) is 0 Å². The van der Waals surface area contributed by atoms with E-state index in [9.17, 15) is 4.79 Å². The van der Waals surface area contributed by atoms with Crippen molar-refractivity contribution < 1.29 is 4.79 Å². The second-order valence-corrected chi connectivity index (χ2v) is 6.80. The van der Waals surface area contributed by atoms with Crippen LogP contribution in [-0.2, 0) is 0 Å². The predicted molar refractivity (Wildman–Crippen MR) is 105 cm³/mol. The van der Waals surface area contributed by atoms with Gasteiger partial charge in [0.1, 0.15) is 0 Å². The molecule has 0 radical (unpaired) electrons. The molecule has 2 N–H and O–H groups in total. The van der Waals surface area contributed by atoms with Crippen molar-refractivity contribution in [3.05, 3.63) is 46.2 Å². The molecule has 1 saturated heterocycles. The Bertz CT molecular complexity index is 698. The third-order valence-electron chi connectivity index (χ3n) is 4.25. The Hall–Kier alpha value is -1.41. The van der Waals surface area contributed by atoms with Gasteiger partial charge in [-0.05, 0) is 31.2 Å². The Morgan fingerprint density at radius 3 is 2.64 bits per heavy atom. The highest BCUT2D eigenvalue weighted by Gasteiger charge is 2.15. The molecule has 2 aromatic rings. The Morgan fingerprint density at radius 1 is 1.28 bits per heavy atom. The first-order valence-electron chi connectivity index (χ1n) is 8.17. The Balaban J connectivity index is 0.00000225. The number of rotatable bonds is 5. The number of benzene rings is 1. The maximum Gasteiger partial charge on any atom is 0.254 e. The summed E-state index contributed by atoms with van der Waals surface area (Å²) in [5.41, 5.74) is 2.41. The number of hydrogen-bond donors (Lipinski definition) is 2. The lowest BCUT2D eigenvalue weighted by Crippen LogP contribution is -2.46. The van der Waals surface area contributed by atoms with E-state index < -0.39 is 0 Å². The highest BCUT2D eigenvalue weighted by Crippen LogP contribution is 2.17. The van der Waals surface area contributed by atoms with Gasteiger partial charge in [0, 0.05) is 43.7 Å². The first-order valence-corrected chi connectivity index (χ1v) is 8.96. The zero-order valence-electron chi connectivity index (χ0n) is 14.2. The normalized spacial score (nSPS) is 14.8. The summed E-state index contributed by atoms with van der Waals surface area (Å²) in [5, 5.41) is 10.7. The number of aromatic nitrogens is 2. The van der Waals surface area contributed by atoms with Crippen LogP contribution in [0.3, 0.4) is 0 Å². The van der Waals surface area contributed by atoms with Gasteiger partial charge in [-0.3, -0.25) is 9.69 Å². The highest BCUT2D eigenvalue weighted by molar-refractivity contribution is 9.10. The smallest absolute Gasteiger partial charge is 0.254 e. The monoisotopic (exact) mass is 427 g/mol. The minimum atomic E-state index is -0.0639. The largest absolute Gasteiger partial charge is 0.351 e. The van der Waals surface area contributed by atoms with Crippen LogP contribution in [0.4, 0.5) is 0 Å². The molecule has 0 aliphatic carbocycles. The van der Waals surface area contributed by atoms with Crippen LogP contribution in [0.5, 0.6) is 0 Å². The molecule has 0 bridgehead atoms. The number of carbonyl (C=O) groups excluding carboxylic acids is 1. The van der Waals surface area contributed by atoms with Gasteiger partial charge in [0.2, 0.25) is 0 Å². The number of carbonyl (C=O) groups is 1. The fourth-order valence-corrected chi connectivity index (χ4v) is 3.10. The van der Waals surface area contributed by atoms with Crippen LogP contribution < -0.4 is 10.6 Å². The van der Waals surface area contributed by atoms with Gasteiger partial charge in [-0.2, -0.15) is 5.10 Å². The van der Waals surface area contributed by atoms with Gasteiger partial charge >= 0.3 is 0 Å². The van der Waals surface area contributed by atoms with Crippen LogP contribution in [0.25, 0.3) is 5.69 Å². The van der Waals surface area contributed by atoms with E-state index in [-0.39, 0.29) is 18.3 Å². The zero-order chi connectivity index (χ0) is 16.9. The van der Waals surface area contributed by atoms with E-state index in [0.29, 0.717) is 12.1 Å². The summed E-state index contributed by atoms with van der Waals surface area (Å²) in [4.78, 5) is 14.8. The lowest BCUT2D eigenvalue weighted by Gasteiger charge is -2.27. The lowest BCUT2D eigenvalue weighted by molar-refractivity contribution is 0.0946. The number of nitrogens with zero attached hydrogens (tertiary/aromatic N) is 3.